The van der Waals surface area contributed by atoms with Gasteiger partial charge in [-0.3, -0.25) is 0 Å². The first-order chi connectivity index (χ1) is 7.01. The molecule has 2 aliphatic rings. The van der Waals surface area contributed by atoms with Crippen LogP contribution in [0.1, 0.15) is 47.0 Å². The van der Waals surface area contributed by atoms with Gasteiger partial charge in [-0.2, -0.15) is 0 Å². The Bertz CT molecular complexity index is 217. The van der Waals surface area contributed by atoms with E-state index in [0.717, 1.165) is 12.1 Å². The van der Waals surface area contributed by atoms with Gasteiger partial charge < -0.3 is 10.2 Å². The molecule has 1 N–H and O–H groups in total. The van der Waals surface area contributed by atoms with Crippen molar-refractivity contribution < 1.29 is 0 Å². The molecule has 0 radical (unpaired) electrons. The minimum atomic E-state index is 0.648. The Hall–Kier alpha value is -0.0800. The van der Waals surface area contributed by atoms with Crippen LogP contribution >= 0.6 is 0 Å². The van der Waals surface area contributed by atoms with Crippen LogP contribution in [0.5, 0.6) is 0 Å². The van der Waals surface area contributed by atoms with Crippen molar-refractivity contribution in [3.63, 3.8) is 0 Å². The summed E-state index contributed by atoms with van der Waals surface area (Å²) >= 11 is 0. The van der Waals surface area contributed by atoms with Crippen molar-refractivity contribution in [1.82, 2.24) is 10.2 Å². The van der Waals surface area contributed by atoms with Gasteiger partial charge in [0.25, 0.3) is 0 Å². The molecule has 2 fully saturated rings. The zero-order valence-corrected chi connectivity index (χ0v) is 10.7. The van der Waals surface area contributed by atoms with E-state index in [1.165, 1.54) is 32.4 Å². The van der Waals surface area contributed by atoms with Gasteiger partial charge in [0.05, 0.1) is 0 Å². The fourth-order valence-corrected chi connectivity index (χ4v) is 3.32. The highest BCUT2D eigenvalue weighted by atomic mass is 15.2. The fourth-order valence-electron chi connectivity index (χ4n) is 3.32. The smallest absolute Gasteiger partial charge is 0.00809 e. The lowest BCUT2D eigenvalue weighted by atomic mass is 9.65. The zero-order valence-electron chi connectivity index (χ0n) is 10.7. The third-order valence-electron chi connectivity index (χ3n) is 4.13. The number of hydrogen-bond acceptors (Lipinski definition) is 2. The maximum atomic E-state index is 3.66. The van der Waals surface area contributed by atoms with Gasteiger partial charge in [0.2, 0.25) is 0 Å². The van der Waals surface area contributed by atoms with Crippen LogP contribution in [0, 0.1) is 5.41 Å². The number of likely N-dealkylation sites (tertiary alicyclic amines) is 1. The van der Waals surface area contributed by atoms with E-state index in [2.05, 4.69) is 37.9 Å². The Morgan fingerprint density at radius 2 is 1.87 bits per heavy atom. The molecule has 2 nitrogen and oxygen atoms in total. The van der Waals surface area contributed by atoms with Crippen molar-refractivity contribution in [2.75, 3.05) is 13.1 Å². The third kappa shape index (κ3) is 2.36. The first-order valence-electron chi connectivity index (χ1n) is 6.51. The van der Waals surface area contributed by atoms with Gasteiger partial charge in [-0.25, -0.2) is 0 Å². The fraction of sp³-hybridized carbons (Fsp3) is 1.00. The molecule has 0 aromatic carbocycles. The minimum absolute atomic E-state index is 0.648. The Balaban J connectivity index is 1.78. The van der Waals surface area contributed by atoms with Crippen molar-refractivity contribution in [2.45, 2.75) is 65.1 Å². The maximum Gasteiger partial charge on any atom is 0.00809 e. The molecule has 0 aromatic heterocycles. The van der Waals surface area contributed by atoms with Crippen molar-refractivity contribution in [3.05, 3.63) is 0 Å². The third-order valence-corrected chi connectivity index (χ3v) is 4.13. The number of nitrogens with zero attached hydrogens (tertiary/aromatic N) is 1. The Labute approximate surface area is 94.4 Å². The maximum absolute atomic E-state index is 3.66. The Kier molecular flexibility index (Phi) is 3.09. The molecule has 15 heavy (non-hydrogen) atoms. The molecule has 0 bridgehead atoms. The summed E-state index contributed by atoms with van der Waals surface area (Å²) in [7, 11) is 0. The quantitative estimate of drug-likeness (QED) is 0.768. The van der Waals surface area contributed by atoms with Gasteiger partial charge >= 0.3 is 0 Å². The molecule has 2 heteroatoms. The highest BCUT2D eigenvalue weighted by Gasteiger charge is 2.48. The topological polar surface area (TPSA) is 15.3 Å². The van der Waals surface area contributed by atoms with Gasteiger partial charge in [-0.15, -0.1) is 0 Å². The molecule has 0 aromatic rings. The predicted molar refractivity (Wildman–Crippen MR) is 65.1 cm³/mol. The molecule has 1 heterocycles. The van der Waals surface area contributed by atoms with Crippen molar-refractivity contribution >= 4 is 0 Å². The SMILES string of the molecule is CC(C)NC1CC2(CCN(C(C)C)C2)C1. The summed E-state index contributed by atoms with van der Waals surface area (Å²) in [6.07, 6.45) is 4.25. The Morgan fingerprint density at radius 1 is 1.20 bits per heavy atom. The lowest BCUT2D eigenvalue weighted by Gasteiger charge is -2.46. The summed E-state index contributed by atoms with van der Waals surface area (Å²) in [4.78, 5) is 2.64. The molecule has 1 spiro atoms. The van der Waals surface area contributed by atoms with Crippen LogP contribution in [0.2, 0.25) is 0 Å². The molecule has 1 saturated carbocycles. The van der Waals surface area contributed by atoms with Gasteiger partial charge in [0.1, 0.15) is 0 Å². The lowest BCUT2D eigenvalue weighted by molar-refractivity contribution is 0.0799. The molecule has 0 atom stereocenters. The summed E-state index contributed by atoms with van der Waals surface area (Å²) < 4.78 is 0. The van der Waals surface area contributed by atoms with Crippen LogP contribution in [-0.4, -0.2) is 36.1 Å². The van der Waals surface area contributed by atoms with E-state index in [1.807, 2.05) is 0 Å². The van der Waals surface area contributed by atoms with E-state index >= 15 is 0 Å². The highest BCUT2D eigenvalue weighted by molar-refractivity contribution is 5.03. The average Bonchev–Trinajstić information content (AvgIpc) is 2.47. The van der Waals surface area contributed by atoms with E-state index in [9.17, 15) is 0 Å². The van der Waals surface area contributed by atoms with Crippen molar-refractivity contribution in [2.24, 2.45) is 5.41 Å². The van der Waals surface area contributed by atoms with Crippen LogP contribution in [0.4, 0.5) is 0 Å². The van der Waals surface area contributed by atoms with Crippen molar-refractivity contribution in [3.8, 4) is 0 Å². The standard InChI is InChI=1S/C13H26N2/c1-10(2)14-12-7-13(8-12)5-6-15(9-13)11(3)4/h10-12,14H,5-9H2,1-4H3. The molecule has 88 valence electrons. The second-order valence-corrected chi connectivity index (χ2v) is 6.24. The second-order valence-electron chi connectivity index (χ2n) is 6.24. The molecular weight excluding hydrogens is 184 g/mol. The monoisotopic (exact) mass is 210 g/mol. The molecular formula is C13H26N2. The van der Waals surface area contributed by atoms with E-state index in [1.54, 1.807) is 0 Å². The molecule has 1 saturated heterocycles. The Morgan fingerprint density at radius 3 is 2.33 bits per heavy atom. The normalized spacial score (nSPS) is 36.8. The summed E-state index contributed by atoms with van der Waals surface area (Å²) in [5.41, 5.74) is 0.691. The van der Waals surface area contributed by atoms with Crippen LogP contribution in [0.25, 0.3) is 0 Å². The van der Waals surface area contributed by atoms with Crippen LogP contribution in [-0.2, 0) is 0 Å². The average molecular weight is 210 g/mol. The van der Waals surface area contributed by atoms with E-state index in [0.29, 0.717) is 11.5 Å². The zero-order chi connectivity index (χ0) is 11.1. The van der Waals surface area contributed by atoms with Crippen molar-refractivity contribution in [1.29, 1.82) is 0 Å². The van der Waals surface area contributed by atoms with E-state index < -0.39 is 0 Å². The summed E-state index contributed by atoms with van der Waals surface area (Å²) in [5.74, 6) is 0. The lowest BCUT2D eigenvalue weighted by Crippen LogP contribution is -2.52. The second kappa shape index (κ2) is 4.06. The first-order valence-corrected chi connectivity index (χ1v) is 6.51. The van der Waals surface area contributed by atoms with E-state index in [4.69, 9.17) is 0 Å². The van der Waals surface area contributed by atoms with Gasteiger partial charge in [0.15, 0.2) is 0 Å². The largest absolute Gasteiger partial charge is 0.312 e. The van der Waals surface area contributed by atoms with Gasteiger partial charge in [0, 0.05) is 24.7 Å². The summed E-state index contributed by atoms with van der Waals surface area (Å²) in [6, 6.07) is 2.19. The van der Waals surface area contributed by atoms with Crippen LogP contribution in [0.3, 0.4) is 0 Å². The van der Waals surface area contributed by atoms with E-state index in [-0.39, 0.29) is 0 Å². The molecule has 0 amide bonds. The van der Waals surface area contributed by atoms with Crippen LogP contribution in [0.15, 0.2) is 0 Å². The first kappa shape index (κ1) is 11.4. The summed E-state index contributed by atoms with van der Waals surface area (Å²) in [5, 5.41) is 3.66. The predicted octanol–water partition coefficient (Wildman–Crippen LogP) is 2.25. The number of hydrogen-bond donors (Lipinski definition) is 1. The molecule has 2 rings (SSSR count). The highest BCUT2D eigenvalue weighted by Crippen LogP contribution is 2.48. The van der Waals surface area contributed by atoms with Gasteiger partial charge in [-0.05, 0) is 45.1 Å². The summed E-state index contributed by atoms with van der Waals surface area (Å²) in [6.45, 7) is 11.8. The molecule has 0 unspecified atom stereocenters. The van der Waals surface area contributed by atoms with Crippen LogP contribution < -0.4 is 5.32 Å². The molecule has 1 aliphatic carbocycles. The van der Waals surface area contributed by atoms with Gasteiger partial charge in [-0.1, -0.05) is 13.8 Å². The minimum Gasteiger partial charge on any atom is -0.312 e. The number of rotatable bonds is 3. The molecule has 1 aliphatic heterocycles. The number of nitrogens with one attached hydrogen (secondary N) is 1.